The first-order valence-corrected chi connectivity index (χ1v) is 5.97. The lowest BCUT2D eigenvalue weighted by Crippen LogP contribution is -2.38. The molecule has 3 heteroatoms. The molecule has 2 heterocycles. The van der Waals surface area contributed by atoms with Gasteiger partial charge in [-0.25, -0.2) is 0 Å². The lowest BCUT2D eigenvalue weighted by atomic mass is 9.83. The van der Waals surface area contributed by atoms with Crippen molar-refractivity contribution in [3.63, 3.8) is 0 Å². The predicted octanol–water partition coefficient (Wildman–Crippen LogP) is 2.69. The van der Waals surface area contributed by atoms with Crippen molar-refractivity contribution in [3.8, 4) is 0 Å². The molecule has 2 aliphatic rings. The lowest BCUT2D eigenvalue weighted by molar-refractivity contribution is -0.233. The average Bonchev–Trinajstić information content (AvgIpc) is 2.59. The number of rotatable bonds is 2. The van der Waals surface area contributed by atoms with Crippen molar-refractivity contribution in [2.24, 2.45) is 5.92 Å². The maximum atomic E-state index is 6.07. The highest BCUT2D eigenvalue weighted by atomic mass is 16.8. The van der Waals surface area contributed by atoms with Gasteiger partial charge in [-0.2, -0.15) is 0 Å². The van der Waals surface area contributed by atoms with Gasteiger partial charge in [-0.3, -0.25) is 0 Å². The van der Waals surface area contributed by atoms with Crippen molar-refractivity contribution in [1.82, 2.24) is 0 Å². The topological polar surface area (TPSA) is 27.7 Å². The SMILES string of the molecule is CCC1(CC)O[C@@H]2OC(C)(C)O[C@@H]2[C@@H]1C. The van der Waals surface area contributed by atoms with E-state index in [-0.39, 0.29) is 18.0 Å². The molecule has 0 aromatic carbocycles. The summed E-state index contributed by atoms with van der Waals surface area (Å²) >= 11 is 0. The van der Waals surface area contributed by atoms with Gasteiger partial charge in [-0.1, -0.05) is 20.8 Å². The van der Waals surface area contributed by atoms with E-state index in [0.29, 0.717) is 5.92 Å². The van der Waals surface area contributed by atoms with Crippen LogP contribution >= 0.6 is 0 Å². The van der Waals surface area contributed by atoms with Crippen molar-refractivity contribution < 1.29 is 14.2 Å². The smallest absolute Gasteiger partial charge is 0.188 e. The molecule has 2 aliphatic heterocycles. The Morgan fingerprint density at radius 2 is 1.60 bits per heavy atom. The monoisotopic (exact) mass is 214 g/mol. The molecule has 0 bridgehead atoms. The van der Waals surface area contributed by atoms with Crippen LogP contribution in [0, 0.1) is 5.92 Å². The van der Waals surface area contributed by atoms with E-state index in [2.05, 4.69) is 20.8 Å². The highest BCUT2D eigenvalue weighted by Crippen LogP contribution is 2.48. The molecule has 0 unspecified atom stereocenters. The third kappa shape index (κ3) is 1.61. The van der Waals surface area contributed by atoms with Gasteiger partial charge in [-0.05, 0) is 26.7 Å². The minimum absolute atomic E-state index is 0.0498. The number of fused-ring (bicyclic) bond motifs is 1. The van der Waals surface area contributed by atoms with E-state index in [1.165, 1.54) is 0 Å². The number of hydrogen-bond acceptors (Lipinski definition) is 3. The second-order valence-corrected chi connectivity index (χ2v) is 5.15. The Morgan fingerprint density at radius 1 is 1.00 bits per heavy atom. The maximum Gasteiger partial charge on any atom is 0.188 e. The third-order valence-corrected chi connectivity index (χ3v) is 3.96. The summed E-state index contributed by atoms with van der Waals surface area (Å²) in [6.07, 6.45) is 1.96. The molecule has 0 saturated carbocycles. The van der Waals surface area contributed by atoms with Gasteiger partial charge >= 0.3 is 0 Å². The molecule has 0 aliphatic carbocycles. The van der Waals surface area contributed by atoms with Crippen LogP contribution < -0.4 is 0 Å². The van der Waals surface area contributed by atoms with Crippen molar-refractivity contribution in [3.05, 3.63) is 0 Å². The van der Waals surface area contributed by atoms with E-state index < -0.39 is 5.79 Å². The maximum absolute atomic E-state index is 6.07. The van der Waals surface area contributed by atoms with E-state index in [1.807, 2.05) is 13.8 Å². The van der Waals surface area contributed by atoms with Gasteiger partial charge in [-0.15, -0.1) is 0 Å². The van der Waals surface area contributed by atoms with Crippen molar-refractivity contribution >= 4 is 0 Å². The molecular weight excluding hydrogens is 192 g/mol. The fraction of sp³-hybridized carbons (Fsp3) is 1.00. The van der Waals surface area contributed by atoms with Crippen molar-refractivity contribution in [1.29, 1.82) is 0 Å². The van der Waals surface area contributed by atoms with E-state index in [9.17, 15) is 0 Å². The first-order valence-electron chi connectivity index (χ1n) is 5.97. The Bertz CT molecular complexity index is 245. The van der Waals surface area contributed by atoms with Crippen LogP contribution in [-0.4, -0.2) is 23.8 Å². The zero-order chi connectivity index (χ0) is 11.3. The molecular formula is C12H22O3. The number of ether oxygens (including phenoxy) is 3. The third-order valence-electron chi connectivity index (χ3n) is 3.96. The summed E-state index contributed by atoms with van der Waals surface area (Å²) in [6.45, 7) is 10.4. The lowest BCUT2D eigenvalue weighted by Gasteiger charge is -2.33. The molecule has 0 N–H and O–H groups in total. The standard InChI is InChI=1S/C12H22O3/c1-6-12(7-2)8(3)9-10(15-12)14-11(4,5)13-9/h8-10H,6-7H2,1-5H3/t8-,9+,10-/m0/s1. The molecule has 2 saturated heterocycles. The molecule has 3 atom stereocenters. The first kappa shape index (κ1) is 11.4. The van der Waals surface area contributed by atoms with Gasteiger partial charge in [0.05, 0.1) is 5.60 Å². The molecule has 3 nitrogen and oxygen atoms in total. The normalized spacial score (nSPS) is 41.8. The molecule has 15 heavy (non-hydrogen) atoms. The molecule has 0 aromatic heterocycles. The fourth-order valence-corrected chi connectivity index (χ4v) is 2.89. The summed E-state index contributed by atoms with van der Waals surface area (Å²) in [4.78, 5) is 0. The highest BCUT2D eigenvalue weighted by Gasteiger charge is 2.58. The Balaban J connectivity index is 2.17. The summed E-state index contributed by atoms with van der Waals surface area (Å²) in [5, 5.41) is 0. The van der Waals surface area contributed by atoms with E-state index >= 15 is 0 Å². The molecule has 0 spiro atoms. The van der Waals surface area contributed by atoms with Gasteiger partial charge in [0.15, 0.2) is 12.1 Å². The van der Waals surface area contributed by atoms with Crippen LogP contribution in [0.5, 0.6) is 0 Å². The predicted molar refractivity (Wildman–Crippen MR) is 57.4 cm³/mol. The quantitative estimate of drug-likeness (QED) is 0.707. The van der Waals surface area contributed by atoms with Gasteiger partial charge in [0, 0.05) is 5.92 Å². The minimum atomic E-state index is -0.489. The Hall–Kier alpha value is -0.120. The number of hydrogen-bond donors (Lipinski definition) is 0. The Morgan fingerprint density at radius 3 is 2.07 bits per heavy atom. The zero-order valence-electron chi connectivity index (χ0n) is 10.4. The summed E-state index contributed by atoms with van der Waals surface area (Å²) in [5.41, 5.74) is -0.0498. The molecule has 2 rings (SSSR count). The van der Waals surface area contributed by atoms with E-state index in [0.717, 1.165) is 12.8 Å². The molecule has 88 valence electrons. The summed E-state index contributed by atoms with van der Waals surface area (Å²) in [6, 6.07) is 0. The van der Waals surface area contributed by atoms with Gasteiger partial charge < -0.3 is 14.2 Å². The van der Waals surface area contributed by atoms with Crippen molar-refractivity contribution in [2.75, 3.05) is 0 Å². The van der Waals surface area contributed by atoms with Crippen LogP contribution in [0.1, 0.15) is 47.5 Å². The van der Waals surface area contributed by atoms with Gasteiger partial charge in [0.2, 0.25) is 0 Å². The van der Waals surface area contributed by atoms with Crippen LogP contribution in [0.25, 0.3) is 0 Å². The average molecular weight is 214 g/mol. The van der Waals surface area contributed by atoms with Crippen molar-refractivity contribution in [2.45, 2.75) is 71.2 Å². The summed E-state index contributed by atoms with van der Waals surface area (Å²) < 4.78 is 17.7. The molecule has 0 aromatic rings. The highest BCUT2D eigenvalue weighted by molar-refractivity contribution is 4.99. The van der Waals surface area contributed by atoms with Crippen LogP contribution in [0.3, 0.4) is 0 Å². The zero-order valence-corrected chi connectivity index (χ0v) is 10.4. The molecule has 0 radical (unpaired) electrons. The summed E-state index contributed by atoms with van der Waals surface area (Å²) in [5.74, 6) is -0.0867. The van der Waals surface area contributed by atoms with Crippen LogP contribution in [0.2, 0.25) is 0 Å². The Labute approximate surface area is 92.1 Å². The van der Waals surface area contributed by atoms with E-state index in [1.54, 1.807) is 0 Å². The summed E-state index contributed by atoms with van der Waals surface area (Å²) in [7, 11) is 0. The largest absolute Gasteiger partial charge is 0.343 e. The molecule has 0 amide bonds. The first-order chi connectivity index (χ1) is 6.94. The fourth-order valence-electron chi connectivity index (χ4n) is 2.89. The van der Waals surface area contributed by atoms with Gasteiger partial charge in [0.25, 0.3) is 0 Å². The second kappa shape index (κ2) is 3.44. The molecule has 2 fully saturated rings. The van der Waals surface area contributed by atoms with Crippen LogP contribution in [0.4, 0.5) is 0 Å². The second-order valence-electron chi connectivity index (χ2n) is 5.15. The minimum Gasteiger partial charge on any atom is -0.343 e. The Kier molecular flexibility index (Phi) is 2.61. The van der Waals surface area contributed by atoms with E-state index in [4.69, 9.17) is 14.2 Å². The van der Waals surface area contributed by atoms with Crippen LogP contribution in [-0.2, 0) is 14.2 Å². The van der Waals surface area contributed by atoms with Crippen LogP contribution in [0.15, 0.2) is 0 Å². The van der Waals surface area contributed by atoms with Gasteiger partial charge in [0.1, 0.15) is 6.10 Å².